The zero-order chi connectivity index (χ0) is 30.0. The van der Waals surface area contributed by atoms with E-state index in [-0.39, 0.29) is 11.8 Å². The number of benzene rings is 1. The summed E-state index contributed by atoms with van der Waals surface area (Å²) in [7, 11) is 0. The quantitative estimate of drug-likeness (QED) is 0.457. The molecule has 2 aliphatic heterocycles. The second-order valence-electron chi connectivity index (χ2n) is 11.3. The number of fused-ring (bicyclic) bond motifs is 1. The Labute approximate surface area is 242 Å². The van der Waals surface area contributed by atoms with Crippen molar-refractivity contribution in [2.45, 2.75) is 44.7 Å². The highest BCUT2D eigenvalue weighted by molar-refractivity contribution is 5.84. The molecule has 1 aromatic carbocycles. The first kappa shape index (κ1) is 30.0. The van der Waals surface area contributed by atoms with E-state index in [1.54, 1.807) is 16.1 Å². The van der Waals surface area contributed by atoms with E-state index in [1.165, 1.54) is 18.6 Å². The van der Waals surface area contributed by atoms with Crippen LogP contribution in [0.2, 0.25) is 0 Å². The first-order valence-electron chi connectivity index (χ1n) is 14.3. The van der Waals surface area contributed by atoms with Crippen molar-refractivity contribution in [2.75, 3.05) is 70.4 Å². The van der Waals surface area contributed by atoms with Gasteiger partial charge < -0.3 is 19.4 Å². The Bertz CT molecular complexity index is 1290. The SMILES string of the molecule is CC(=O)N1CCN(C[C@H](C(=O)N2CCN(c3ncnc4c3[C@H](C)CC4)CC2)c2ccc(OCC(F)(F)F)c(F)c2)CC1. The molecule has 42 heavy (non-hydrogen) atoms. The molecule has 2 amide bonds. The lowest BCUT2D eigenvalue weighted by molar-refractivity contribution is -0.153. The van der Waals surface area contributed by atoms with Gasteiger partial charge in [-0.3, -0.25) is 14.5 Å². The highest BCUT2D eigenvalue weighted by atomic mass is 19.4. The van der Waals surface area contributed by atoms with Crippen LogP contribution in [0.15, 0.2) is 24.5 Å². The molecular weight excluding hydrogens is 556 g/mol. The third-order valence-corrected chi connectivity index (χ3v) is 8.45. The van der Waals surface area contributed by atoms with Crippen molar-refractivity contribution in [3.05, 3.63) is 47.2 Å². The lowest BCUT2D eigenvalue weighted by atomic mass is 9.95. The average molecular weight is 593 g/mol. The number of rotatable bonds is 7. The summed E-state index contributed by atoms with van der Waals surface area (Å²) >= 11 is 0. The molecule has 0 radical (unpaired) electrons. The van der Waals surface area contributed by atoms with Gasteiger partial charge in [-0.1, -0.05) is 13.0 Å². The molecule has 0 N–H and O–H groups in total. The lowest BCUT2D eigenvalue weighted by Crippen LogP contribution is -2.53. The molecule has 5 rings (SSSR count). The summed E-state index contributed by atoms with van der Waals surface area (Å²) < 4.78 is 57.4. The molecule has 0 saturated carbocycles. The highest BCUT2D eigenvalue weighted by Crippen LogP contribution is 2.37. The maximum Gasteiger partial charge on any atom is 0.422 e. The summed E-state index contributed by atoms with van der Waals surface area (Å²) in [6.45, 7) is 6.63. The molecule has 2 atom stereocenters. The van der Waals surface area contributed by atoms with Gasteiger partial charge in [-0.15, -0.1) is 0 Å². The molecule has 0 bridgehead atoms. The van der Waals surface area contributed by atoms with Gasteiger partial charge in [0.25, 0.3) is 0 Å². The summed E-state index contributed by atoms with van der Waals surface area (Å²) in [6, 6.07) is 3.71. The fraction of sp³-hybridized carbons (Fsp3) is 0.586. The number of ether oxygens (including phenoxy) is 1. The van der Waals surface area contributed by atoms with Gasteiger partial charge in [-0.25, -0.2) is 14.4 Å². The van der Waals surface area contributed by atoms with Crippen LogP contribution in [0, 0.1) is 5.82 Å². The molecule has 3 heterocycles. The molecule has 9 nitrogen and oxygen atoms in total. The van der Waals surface area contributed by atoms with Crippen LogP contribution >= 0.6 is 0 Å². The van der Waals surface area contributed by atoms with Crippen molar-refractivity contribution in [2.24, 2.45) is 0 Å². The van der Waals surface area contributed by atoms with Gasteiger partial charge in [0.05, 0.1) is 5.92 Å². The van der Waals surface area contributed by atoms with Gasteiger partial charge in [0.2, 0.25) is 11.8 Å². The van der Waals surface area contributed by atoms with Crippen molar-refractivity contribution >= 4 is 17.6 Å². The molecular formula is C29H36F4N6O3. The van der Waals surface area contributed by atoms with Gasteiger partial charge in [0.15, 0.2) is 18.2 Å². The number of alkyl halides is 3. The van der Waals surface area contributed by atoms with Crippen LogP contribution in [-0.2, 0) is 16.0 Å². The number of aromatic nitrogens is 2. The Hall–Kier alpha value is -3.48. The van der Waals surface area contributed by atoms with Crippen molar-refractivity contribution in [3.63, 3.8) is 0 Å². The van der Waals surface area contributed by atoms with Crippen LogP contribution in [0.3, 0.4) is 0 Å². The Balaban J connectivity index is 1.31. The predicted octanol–water partition coefficient (Wildman–Crippen LogP) is 3.20. The van der Waals surface area contributed by atoms with Crippen LogP contribution in [0.5, 0.6) is 5.75 Å². The smallest absolute Gasteiger partial charge is 0.422 e. The molecule has 0 unspecified atom stereocenters. The number of anilines is 1. The Kier molecular flexibility index (Phi) is 8.86. The van der Waals surface area contributed by atoms with Crippen LogP contribution < -0.4 is 9.64 Å². The Morgan fingerprint density at radius 3 is 2.36 bits per heavy atom. The monoisotopic (exact) mass is 592 g/mol. The zero-order valence-corrected chi connectivity index (χ0v) is 23.9. The summed E-state index contributed by atoms with van der Waals surface area (Å²) in [5.74, 6) is -1.09. The molecule has 2 aromatic rings. The average Bonchev–Trinajstić information content (AvgIpc) is 3.35. The van der Waals surface area contributed by atoms with E-state index in [1.807, 2.05) is 0 Å². The summed E-state index contributed by atoms with van der Waals surface area (Å²) in [5, 5.41) is 0. The first-order valence-corrected chi connectivity index (χ1v) is 14.3. The standard InChI is InChI=1S/C29H36F4N6O3/c1-19-3-5-24-26(19)27(35-18-34-24)38-11-13-39(14-12-38)28(41)22(16-36-7-9-37(10-8-36)20(2)40)21-4-6-25(23(30)15-21)42-17-29(31,32)33/h4,6,15,18-19,22H,3,5,7-14,16-17H2,1-2H3/t19-,22+/m1/s1. The number of carbonyl (C=O) groups excluding carboxylic acids is 2. The second-order valence-corrected chi connectivity index (χ2v) is 11.3. The summed E-state index contributed by atoms with van der Waals surface area (Å²) in [5.41, 5.74) is 2.64. The minimum atomic E-state index is -4.60. The highest BCUT2D eigenvalue weighted by Gasteiger charge is 2.34. The van der Waals surface area contributed by atoms with Gasteiger partial charge in [0.1, 0.15) is 12.1 Å². The molecule has 0 spiro atoms. The minimum absolute atomic E-state index is 0.0135. The Morgan fingerprint density at radius 1 is 1.02 bits per heavy atom. The summed E-state index contributed by atoms with van der Waals surface area (Å²) in [6.07, 6.45) is -1.03. The van der Waals surface area contributed by atoms with Crippen molar-refractivity contribution in [3.8, 4) is 5.75 Å². The number of nitrogens with zero attached hydrogens (tertiary/aromatic N) is 6. The number of hydrogen-bond donors (Lipinski definition) is 0. The number of hydrogen-bond acceptors (Lipinski definition) is 7. The van der Waals surface area contributed by atoms with Crippen LogP contribution in [-0.4, -0.2) is 108 Å². The molecule has 13 heteroatoms. The molecule has 2 saturated heterocycles. The van der Waals surface area contributed by atoms with Crippen LogP contribution in [0.4, 0.5) is 23.4 Å². The number of piperazine rings is 2. The van der Waals surface area contributed by atoms with Crippen molar-refractivity contribution in [1.82, 2.24) is 24.7 Å². The number of halogens is 4. The van der Waals surface area contributed by atoms with Gasteiger partial charge in [-0.2, -0.15) is 13.2 Å². The maximum absolute atomic E-state index is 14.9. The van der Waals surface area contributed by atoms with Crippen molar-refractivity contribution < 1.29 is 31.9 Å². The molecule has 1 aromatic heterocycles. The Morgan fingerprint density at radius 2 is 1.71 bits per heavy atom. The molecule has 2 fully saturated rings. The van der Waals surface area contributed by atoms with Crippen LogP contribution in [0.1, 0.15) is 48.9 Å². The molecule has 3 aliphatic rings. The van der Waals surface area contributed by atoms with E-state index >= 15 is 0 Å². The fourth-order valence-electron chi connectivity index (χ4n) is 6.07. The normalized spacial score (nSPS) is 20.4. The van der Waals surface area contributed by atoms with Crippen molar-refractivity contribution in [1.29, 1.82) is 0 Å². The third kappa shape index (κ3) is 6.77. The van der Waals surface area contributed by atoms with E-state index in [2.05, 4.69) is 31.4 Å². The first-order chi connectivity index (χ1) is 20.0. The van der Waals surface area contributed by atoms with E-state index < -0.39 is 30.3 Å². The topological polar surface area (TPSA) is 82.1 Å². The van der Waals surface area contributed by atoms with E-state index in [9.17, 15) is 27.2 Å². The molecule has 1 aliphatic carbocycles. The second kappa shape index (κ2) is 12.4. The predicted molar refractivity (Wildman–Crippen MR) is 147 cm³/mol. The zero-order valence-electron chi connectivity index (χ0n) is 23.9. The van der Waals surface area contributed by atoms with E-state index in [0.29, 0.717) is 70.4 Å². The van der Waals surface area contributed by atoms with Gasteiger partial charge in [-0.05, 0) is 36.5 Å². The molecule has 228 valence electrons. The summed E-state index contributed by atoms with van der Waals surface area (Å²) in [4.78, 5) is 42.5. The number of aryl methyl sites for hydroxylation is 1. The number of carbonyl (C=O) groups is 2. The van der Waals surface area contributed by atoms with E-state index in [0.717, 1.165) is 36.5 Å². The fourth-order valence-corrected chi connectivity index (χ4v) is 6.07. The van der Waals surface area contributed by atoms with E-state index in [4.69, 9.17) is 0 Å². The van der Waals surface area contributed by atoms with Gasteiger partial charge >= 0.3 is 6.18 Å². The van der Waals surface area contributed by atoms with Gasteiger partial charge in [0, 0.05) is 77.1 Å². The minimum Gasteiger partial charge on any atom is -0.481 e. The van der Waals surface area contributed by atoms with Crippen LogP contribution in [0.25, 0.3) is 0 Å². The lowest BCUT2D eigenvalue weighted by Gasteiger charge is -2.40. The maximum atomic E-state index is 14.9. The third-order valence-electron chi connectivity index (χ3n) is 8.45. The largest absolute Gasteiger partial charge is 0.481 e. The number of amides is 2.